The van der Waals surface area contributed by atoms with Gasteiger partial charge >= 0.3 is 7.82 Å². The van der Waals surface area contributed by atoms with Crippen LogP contribution < -0.4 is 0 Å². The fourth-order valence-corrected chi connectivity index (χ4v) is 10.0. The molecule has 4 nitrogen and oxygen atoms in total. The van der Waals surface area contributed by atoms with E-state index in [2.05, 4.69) is 20.8 Å². The van der Waals surface area contributed by atoms with Gasteiger partial charge in [-0.15, -0.1) is 0 Å². The Morgan fingerprint density at radius 1 is 0.906 bits per heavy atom. The molecule has 4 saturated carbocycles. The van der Waals surface area contributed by atoms with Crippen molar-refractivity contribution in [2.75, 3.05) is 6.61 Å². The van der Waals surface area contributed by atoms with E-state index in [-0.39, 0.29) is 12.5 Å². The molecule has 0 aromatic rings. The van der Waals surface area contributed by atoms with Crippen molar-refractivity contribution in [2.24, 2.45) is 52.3 Å². The molecule has 9 atom stereocenters. The molecule has 4 fully saturated rings. The lowest BCUT2D eigenvalue weighted by Crippen LogP contribution is -2.53. The van der Waals surface area contributed by atoms with E-state index in [1.54, 1.807) is 0 Å². The molecule has 32 heavy (non-hydrogen) atoms. The van der Waals surface area contributed by atoms with Crippen LogP contribution in [-0.4, -0.2) is 16.4 Å². The molecule has 0 aliphatic heterocycles. The molecule has 4 aliphatic rings. The topological polar surface area (TPSA) is 66.8 Å². The van der Waals surface area contributed by atoms with Gasteiger partial charge in [0.05, 0.1) is 6.61 Å². The van der Waals surface area contributed by atoms with Gasteiger partial charge in [-0.3, -0.25) is 4.52 Å². The molecule has 0 aromatic heterocycles. The van der Waals surface area contributed by atoms with E-state index in [0.29, 0.717) is 10.8 Å². The molecule has 2 N–H and O–H groups in total. The van der Waals surface area contributed by atoms with Gasteiger partial charge < -0.3 is 9.79 Å². The van der Waals surface area contributed by atoms with Gasteiger partial charge in [-0.05, 0) is 110 Å². The summed E-state index contributed by atoms with van der Waals surface area (Å²) >= 11 is 0. The third-order valence-corrected chi connectivity index (χ3v) is 11.7. The molecule has 2 unspecified atom stereocenters. The molecule has 0 radical (unpaired) electrons. The van der Waals surface area contributed by atoms with Gasteiger partial charge in [-0.2, -0.15) is 0 Å². The van der Waals surface area contributed by atoms with Crippen LogP contribution >= 0.6 is 7.82 Å². The largest absolute Gasteiger partial charge is 0.469 e. The van der Waals surface area contributed by atoms with Crippen LogP contribution in [0.15, 0.2) is 0 Å². The Labute approximate surface area is 196 Å². The summed E-state index contributed by atoms with van der Waals surface area (Å²) in [6.07, 6.45) is 18.1. The summed E-state index contributed by atoms with van der Waals surface area (Å²) in [6.45, 7) is 10.0. The van der Waals surface area contributed by atoms with Crippen LogP contribution in [0.5, 0.6) is 0 Å². The van der Waals surface area contributed by atoms with E-state index in [1.807, 2.05) is 6.92 Å². The second kappa shape index (κ2) is 9.63. The fourth-order valence-electron chi connectivity index (χ4n) is 9.57. The zero-order valence-corrected chi connectivity index (χ0v) is 22.0. The first-order valence-corrected chi connectivity index (χ1v) is 15.3. The van der Waals surface area contributed by atoms with Crippen molar-refractivity contribution in [3.63, 3.8) is 0 Å². The Morgan fingerprint density at radius 3 is 2.41 bits per heavy atom. The predicted molar refractivity (Wildman–Crippen MR) is 130 cm³/mol. The first-order chi connectivity index (χ1) is 15.0. The minimum Gasteiger partial charge on any atom is -0.303 e. The van der Waals surface area contributed by atoms with Gasteiger partial charge in [0.2, 0.25) is 0 Å². The number of fused-ring (bicyclic) bond motifs is 5. The van der Waals surface area contributed by atoms with Crippen LogP contribution in [0.3, 0.4) is 0 Å². The Hall–Kier alpha value is 0.110. The maximum Gasteiger partial charge on any atom is 0.469 e. The van der Waals surface area contributed by atoms with Gasteiger partial charge in [0.1, 0.15) is 0 Å². The van der Waals surface area contributed by atoms with Crippen LogP contribution in [-0.2, 0) is 9.09 Å². The van der Waals surface area contributed by atoms with Crippen LogP contribution in [0.1, 0.15) is 111 Å². The second-order valence-electron chi connectivity index (χ2n) is 12.9. The zero-order chi connectivity index (χ0) is 23.1. The highest BCUT2D eigenvalue weighted by molar-refractivity contribution is 7.46. The van der Waals surface area contributed by atoms with E-state index in [0.717, 1.165) is 48.3 Å². The highest BCUT2D eigenvalue weighted by Gasteiger charge is 2.60. The molecule has 4 rings (SSSR count). The Morgan fingerprint density at radius 2 is 1.66 bits per heavy atom. The summed E-state index contributed by atoms with van der Waals surface area (Å²) in [6, 6.07) is 0. The molecule has 5 heteroatoms. The minimum absolute atomic E-state index is 0.157. The van der Waals surface area contributed by atoms with Crippen LogP contribution in [0.4, 0.5) is 0 Å². The van der Waals surface area contributed by atoms with Gasteiger partial charge in [-0.1, -0.05) is 53.4 Å². The van der Waals surface area contributed by atoms with Crippen molar-refractivity contribution in [3.05, 3.63) is 0 Å². The normalized spacial score (nSPS) is 43.8. The predicted octanol–water partition coefficient (Wildman–Crippen LogP) is 7.59. The summed E-state index contributed by atoms with van der Waals surface area (Å²) < 4.78 is 15.6. The molecule has 0 spiro atoms. The zero-order valence-electron chi connectivity index (χ0n) is 21.1. The van der Waals surface area contributed by atoms with Crippen molar-refractivity contribution in [1.82, 2.24) is 0 Å². The molecule has 186 valence electrons. The quantitative estimate of drug-likeness (QED) is 0.360. The monoisotopic (exact) mass is 468 g/mol. The SMILES string of the molecule is CC(CCC[C@@H](C)[C@H]1CC[C@H]2[C@@H]3CCC4CCCC[C@]4(C)[C@H]3CC[C@]12C)COP(=O)(O)O. The third kappa shape index (κ3) is 4.91. The molecule has 0 aromatic carbocycles. The number of hydrogen-bond donors (Lipinski definition) is 2. The van der Waals surface area contributed by atoms with E-state index in [4.69, 9.17) is 14.3 Å². The molecule has 0 bridgehead atoms. The van der Waals surface area contributed by atoms with Gasteiger partial charge in [-0.25, -0.2) is 4.57 Å². The summed E-state index contributed by atoms with van der Waals surface area (Å²) in [5.74, 6) is 5.73. The van der Waals surface area contributed by atoms with Crippen LogP contribution in [0.2, 0.25) is 0 Å². The molecule has 0 amide bonds. The molecule has 0 heterocycles. The lowest BCUT2D eigenvalue weighted by Gasteiger charge is -2.61. The first kappa shape index (κ1) is 25.2. The van der Waals surface area contributed by atoms with Crippen molar-refractivity contribution in [1.29, 1.82) is 0 Å². The maximum absolute atomic E-state index is 10.9. The lowest BCUT2D eigenvalue weighted by molar-refractivity contribution is -0.114. The Kier molecular flexibility index (Phi) is 7.59. The smallest absolute Gasteiger partial charge is 0.303 e. The van der Waals surface area contributed by atoms with Crippen molar-refractivity contribution >= 4 is 7.82 Å². The average Bonchev–Trinajstić information content (AvgIpc) is 3.08. The van der Waals surface area contributed by atoms with Gasteiger partial charge in [0.15, 0.2) is 0 Å². The summed E-state index contributed by atoms with van der Waals surface area (Å²) in [5.41, 5.74) is 1.17. The van der Waals surface area contributed by atoms with Gasteiger partial charge in [0.25, 0.3) is 0 Å². The fraction of sp³-hybridized carbons (Fsp3) is 1.00. The van der Waals surface area contributed by atoms with Crippen LogP contribution in [0, 0.1) is 52.3 Å². The van der Waals surface area contributed by atoms with Crippen molar-refractivity contribution < 1.29 is 18.9 Å². The maximum atomic E-state index is 10.9. The van der Waals surface area contributed by atoms with E-state index >= 15 is 0 Å². The number of phosphoric ester groups is 1. The average molecular weight is 469 g/mol. The summed E-state index contributed by atoms with van der Waals surface area (Å²) in [4.78, 5) is 17.8. The molecular weight excluding hydrogens is 419 g/mol. The molecule has 0 saturated heterocycles. The highest BCUT2D eigenvalue weighted by atomic mass is 31.2. The number of rotatable bonds is 8. The Balaban J connectivity index is 1.33. The third-order valence-electron chi connectivity index (χ3n) is 11.2. The first-order valence-electron chi connectivity index (χ1n) is 13.7. The van der Waals surface area contributed by atoms with E-state index in [9.17, 15) is 4.57 Å². The highest BCUT2D eigenvalue weighted by Crippen LogP contribution is 2.68. The molecule has 4 aliphatic carbocycles. The summed E-state index contributed by atoms with van der Waals surface area (Å²) in [7, 11) is -4.34. The van der Waals surface area contributed by atoms with E-state index in [1.165, 1.54) is 70.6 Å². The Bertz CT molecular complexity index is 691. The van der Waals surface area contributed by atoms with Crippen molar-refractivity contribution in [2.45, 2.75) is 111 Å². The van der Waals surface area contributed by atoms with Crippen molar-refractivity contribution in [3.8, 4) is 0 Å². The minimum atomic E-state index is -4.34. The van der Waals surface area contributed by atoms with Crippen LogP contribution in [0.25, 0.3) is 0 Å². The second-order valence-corrected chi connectivity index (χ2v) is 14.2. The van der Waals surface area contributed by atoms with Gasteiger partial charge in [0, 0.05) is 0 Å². The lowest BCUT2D eigenvalue weighted by atomic mass is 9.44. The summed E-state index contributed by atoms with van der Waals surface area (Å²) in [5, 5.41) is 0. The number of phosphoric acid groups is 1. The molecular formula is C27H49O4P. The van der Waals surface area contributed by atoms with E-state index < -0.39 is 7.82 Å². The standard InChI is InChI=1S/C27H49O4P/c1-19(18-31-32(28,29)30)8-7-9-20(2)23-13-14-24-22-12-11-21-10-5-6-16-26(21,3)25(22)15-17-27(23,24)4/h19-25H,5-18H2,1-4H3,(H2,28,29,30)/t19?,20-,21?,22+,23-,24+,25+,26+,27-/m1/s1. The number of hydrogen-bond acceptors (Lipinski definition) is 2.